The van der Waals surface area contributed by atoms with E-state index in [0.717, 1.165) is 38.6 Å². The minimum atomic E-state index is -0.100. The molecule has 15 heavy (non-hydrogen) atoms. The van der Waals surface area contributed by atoms with Crippen molar-refractivity contribution in [1.82, 2.24) is 5.32 Å². The Balaban J connectivity index is 2.12. The predicted molar refractivity (Wildman–Crippen MR) is 60.5 cm³/mol. The third-order valence-electron chi connectivity index (χ3n) is 3.38. The summed E-state index contributed by atoms with van der Waals surface area (Å²) in [7, 11) is 0. The third kappa shape index (κ3) is 3.82. The summed E-state index contributed by atoms with van der Waals surface area (Å²) in [6.07, 6.45) is 7.26. The van der Waals surface area contributed by atoms with Gasteiger partial charge in [0.05, 0.1) is 0 Å². The van der Waals surface area contributed by atoms with Crippen LogP contribution in [0.15, 0.2) is 0 Å². The summed E-state index contributed by atoms with van der Waals surface area (Å²) >= 11 is 0. The molecule has 1 aliphatic carbocycles. The molecular formula is C12H23NO2. The largest absolute Gasteiger partial charge is 0.396 e. The van der Waals surface area contributed by atoms with Gasteiger partial charge in [-0.15, -0.1) is 0 Å². The van der Waals surface area contributed by atoms with Crippen molar-refractivity contribution < 1.29 is 9.90 Å². The van der Waals surface area contributed by atoms with Gasteiger partial charge in [-0.2, -0.15) is 0 Å². The van der Waals surface area contributed by atoms with Gasteiger partial charge in [0.1, 0.15) is 0 Å². The van der Waals surface area contributed by atoms with Gasteiger partial charge < -0.3 is 10.4 Å². The maximum Gasteiger partial charge on any atom is 0.225 e. The molecule has 0 atom stereocenters. The lowest BCUT2D eigenvalue weighted by Gasteiger charge is -2.22. The number of nitrogens with one attached hydrogen (secondary N) is 1. The first-order valence-electron chi connectivity index (χ1n) is 6.08. The molecule has 0 aromatic carbocycles. The van der Waals surface area contributed by atoms with Gasteiger partial charge in [-0.25, -0.2) is 0 Å². The van der Waals surface area contributed by atoms with Crippen LogP contribution in [-0.4, -0.2) is 24.2 Å². The molecule has 0 heterocycles. The topological polar surface area (TPSA) is 49.3 Å². The fourth-order valence-corrected chi connectivity index (χ4v) is 2.21. The van der Waals surface area contributed by atoms with Crippen LogP contribution in [0.5, 0.6) is 0 Å². The van der Waals surface area contributed by atoms with Gasteiger partial charge in [-0.05, 0) is 32.1 Å². The Morgan fingerprint density at radius 2 is 1.93 bits per heavy atom. The molecule has 0 aliphatic heterocycles. The van der Waals surface area contributed by atoms with Gasteiger partial charge in [-0.1, -0.05) is 19.8 Å². The number of aliphatic hydroxyl groups is 1. The molecule has 0 aromatic rings. The van der Waals surface area contributed by atoms with Gasteiger partial charge in [0.15, 0.2) is 0 Å². The molecule has 0 spiro atoms. The zero-order valence-electron chi connectivity index (χ0n) is 9.72. The van der Waals surface area contributed by atoms with E-state index in [9.17, 15) is 4.79 Å². The molecule has 0 unspecified atom stereocenters. The molecule has 0 radical (unpaired) electrons. The van der Waals surface area contributed by atoms with Crippen LogP contribution in [-0.2, 0) is 4.79 Å². The summed E-state index contributed by atoms with van der Waals surface area (Å²) in [6.45, 7) is 3.09. The van der Waals surface area contributed by atoms with Crippen molar-refractivity contribution in [2.45, 2.75) is 51.9 Å². The minimum absolute atomic E-state index is 0.100. The summed E-state index contributed by atoms with van der Waals surface area (Å²) in [5.74, 6) is 0.226. The summed E-state index contributed by atoms with van der Waals surface area (Å²) in [6, 6.07) is 0. The van der Waals surface area contributed by atoms with Crippen LogP contribution < -0.4 is 5.32 Å². The fourth-order valence-electron chi connectivity index (χ4n) is 2.21. The van der Waals surface area contributed by atoms with Crippen LogP contribution in [0.4, 0.5) is 0 Å². The Morgan fingerprint density at radius 3 is 2.53 bits per heavy atom. The van der Waals surface area contributed by atoms with Gasteiger partial charge in [-0.3, -0.25) is 4.79 Å². The number of aliphatic hydroxyl groups excluding tert-OH is 1. The highest BCUT2D eigenvalue weighted by atomic mass is 16.2. The molecular weight excluding hydrogens is 190 g/mol. The number of unbranched alkanes of at least 4 members (excludes halogenated alkanes) is 2. The maximum atomic E-state index is 11.8. The molecule has 0 aromatic heterocycles. The Hall–Kier alpha value is -0.570. The molecule has 1 rings (SSSR count). The van der Waals surface area contributed by atoms with Crippen molar-refractivity contribution >= 4 is 5.91 Å². The highest BCUT2D eigenvalue weighted by Gasteiger charge is 2.35. The second-order valence-corrected chi connectivity index (χ2v) is 4.81. The molecule has 1 fully saturated rings. The first-order chi connectivity index (χ1) is 7.19. The first kappa shape index (κ1) is 12.5. The lowest BCUT2D eigenvalue weighted by Crippen LogP contribution is -2.37. The van der Waals surface area contributed by atoms with Gasteiger partial charge in [0, 0.05) is 18.6 Å². The van der Waals surface area contributed by atoms with Crippen molar-refractivity contribution in [3.63, 3.8) is 0 Å². The van der Waals surface area contributed by atoms with E-state index in [1.807, 2.05) is 0 Å². The zero-order valence-corrected chi connectivity index (χ0v) is 9.72. The average Bonchev–Trinajstić information content (AvgIpc) is 2.66. The number of carbonyl (C=O) groups is 1. The van der Waals surface area contributed by atoms with E-state index in [1.165, 1.54) is 12.8 Å². The second kappa shape index (κ2) is 6.11. The van der Waals surface area contributed by atoms with Crippen LogP contribution in [0, 0.1) is 5.41 Å². The summed E-state index contributed by atoms with van der Waals surface area (Å²) < 4.78 is 0. The SMILES string of the molecule is CC1(C(=O)NCCCCCO)CCCC1. The first-order valence-corrected chi connectivity index (χ1v) is 6.08. The Morgan fingerprint density at radius 1 is 1.27 bits per heavy atom. The van der Waals surface area contributed by atoms with Gasteiger partial charge >= 0.3 is 0 Å². The Labute approximate surface area is 92.3 Å². The number of hydrogen-bond donors (Lipinski definition) is 2. The molecule has 3 heteroatoms. The number of carbonyl (C=O) groups excluding carboxylic acids is 1. The average molecular weight is 213 g/mol. The maximum absolute atomic E-state index is 11.8. The third-order valence-corrected chi connectivity index (χ3v) is 3.38. The number of amides is 1. The van der Waals surface area contributed by atoms with Crippen molar-refractivity contribution in [2.24, 2.45) is 5.41 Å². The highest BCUT2D eigenvalue weighted by Crippen LogP contribution is 2.37. The smallest absolute Gasteiger partial charge is 0.225 e. The molecule has 0 bridgehead atoms. The Kier molecular flexibility index (Phi) is 5.09. The molecule has 0 saturated heterocycles. The highest BCUT2D eigenvalue weighted by molar-refractivity contribution is 5.82. The van der Waals surface area contributed by atoms with Gasteiger partial charge in [0.25, 0.3) is 0 Å². The molecule has 3 nitrogen and oxygen atoms in total. The zero-order chi connectivity index (χ0) is 11.1. The van der Waals surface area contributed by atoms with Crippen LogP contribution >= 0.6 is 0 Å². The summed E-state index contributed by atoms with van der Waals surface area (Å²) in [5.41, 5.74) is -0.100. The molecule has 2 N–H and O–H groups in total. The number of rotatable bonds is 6. The second-order valence-electron chi connectivity index (χ2n) is 4.81. The molecule has 1 amide bonds. The van der Waals surface area contributed by atoms with E-state index in [1.54, 1.807) is 0 Å². The standard InChI is InChI=1S/C12H23NO2/c1-12(7-3-4-8-12)11(15)13-9-5-2-6-10-14/h14H,2-10H2,1H3,(H,13,15). The van der Waals surface area contributed by atoms with Crippen LogP contribution in [0.1, 0.15) is 51.9 Å². The van der Waals surface area contributed by atoms with Crippen molar-refractivity contribution in [3.05, 3.63) is 0 Å². The van der Waals surface area contributed by atoms with Crippen molar-refractivity contribution in [2.75, 3.05) is 13.2 Å². The lowest BCUT2D eigenvalue weighted by atomic mass is 9.88. The summed E-state index contributed by atoms with van der Waals surface area (Å²) in [4.78, 5) is 11.8. The lowest BCUT2D eigenvalue weighted by molar-refractivity contribution is -0.129. The molecule has 1 aliphatic rings. The monoisotopic (exact) mass is 213 g/mol. The van der Waals surface area contributed by atoms with E-state index in [-0.39, 0.29) is 17.9 Å². The van der Waals surface area contributed by atoms with Gasteiger partial charge in [0.2, 0.25) is 5.91 Å². The summed E-state index contributed by atoms with van der Waals surface area (Å²) in [5, 5.41) is 11.6. The quantitative estimate of drug-likeness (QED) is 0.661. The van der Waals surface area contributed by atoms with E-state index in [0.29, 0.717) is 0 Å². The normalized spacial score (nSPS) is 19.1. The van der Waals surface area contributed by atoms with E-state index < -0.39 is 0 Å². The molecule has 88 valence electrons. The van der Waals surface area contributed by atoms with Crippen LogP contribution in [0.2, 0.25) is 0 Å². The van der Waals surface area contributed by atoms with E-state index >= 15 is 0 Å². The van der Waals surface area contributed by atoms with E-state index in [4.69, 9.17) is 5.11 Å². The van der Waals surface area contributed by atoms with Crippen molar-refractivity contribution in [3.8, 4) is 0 Å². The molecule has 1 saturated carbocycles. The van der Waals surface area contributed by atoms with Crippen LogP contribution in [0.3, 0.4) is 0 Å². The van der Waals surface area contributed by atoms with E-state index in [2.05, 4.69) is 12.2 Å². The fraction of sp³-hybridized carbons (Fsp3) is 0.917. The van der Waals surface area contributed by atoms with Crippen LogP contribution in [0.25, 0.3) is 0 Å². The number of hydrogen-bond acceptors (Lipinski definition) is 2. The minimum Gasteiger partial charge on any atom is -0.396 e. The van der Waals surface area contributed by atoms with Crippen molar-refractivity contribution in [1.29, 1.82) is 0 Å². The Bertz CT molecular complexity index is 198. The predicted octanol–water partition coefficient (Wildman–Crippen LogP) is 1.85.